The van der Waals surface area contributed by atoms with Crippen LogP contribution in [0, 0.1) is 0 Å². The van der Waals surface area contributed by atoms with Crippen molar-refractivity contribution in [2.24, 2.45) is 0 Å². The lowest BCUT2D eigenvalue weighted by molar-refractivity contribution is 0.227. The fourth-order valence-electron chi connectivity index (χ4n) is 2.02. The van der Waals surface area contributed by atoms with E-state index in [4.69, 9.17) is 11.6 Å². The molecule has 5 nitrogen and oxygen atoms in total. The van der Waals surface area contributed by atoms with Gasteiger partial charge in [-0.15, -0.1) is 11.6 Å². The van der Waals surface area contributed by atoms with Crippen molar-refractivity contribution in [1.29, 1.82) is 0 Å². The zero-order valence-electron chi connectivity index (χ0n) is 10.4. The molecule has 1 saturated carbocycles. The summed E-state index contributed by atoms with van der Waals surface area (Å²) in [6.45, 7) is 3.01. The van der Waals surface area contributed by atoms with E-state index < -0.39 is 10.0 Å². The maximum atomic E-state index is 12.5. The van der Waals surface area contributed by atoms with E-state index in [1.165, 1.54) is 4.31 Å². The molecule has 1 fully saturated rings. The van der Waals surface area contributed by atoms with Gasteiger partial charge in [-0.3, -0.25) is 0 Å². The highest BCUT2D eigenvalue weighted by Crippen LogP contribution is 2.29. The Labute approximate surface area is 113 Å². The van der Waals surface area contributed by atoms with E-state index in [2.05, 4.69) is 4.98 Å². The van der Waals surface area contributed by atoms with Gasteiger partial charge in [0.15, 0.2) is 5.03 Å². The SMILES string of the molecule is CCn1cnc(S(=O)(=O)N(CCCl)C2CCC2)c1. The summed E-state index contributed by atoms with van der Waals surface area (Å²) in [5.74, 6) is 0.310. The smallest absolute Gasteiger partial charge is 0.262 e. The fraction of sp³-hybridized carbons (Fsp3) is 0.727. The molecule has 0 radical (unpaired) electrons. The Morgan fingerprint density at radius 2 is 2.28 bits per heavy atom. The van der Waals surface area contributed by atoms with Gasteiger partial charge in [-0.25, -0.2) is 13.4 Å². The normalized spacial score (nSPS) is 17.1. The topological polar surface area (TPSA) is 55.2 Å². The zero-order valence-corrected chi connectivity index (χ0v) is 12.0. The first-order valence-corrected chi connectivity index (χ1v) is 8.16. The molecule has 0 bridgehead atoms. The first-order chi connectivity index (χ1) is 8.59. The zero-order chi connectivity index (χ0) is 13.2. The molecule has 1 aliphatic carbocycles. The second kappa shape index (κ2) is 5.59. The van der Waals surface area contributed by atoms with Gasteiger partial charge in [0.2, 0.25) is 0 Å². The van der Waals surface area contributed by atoms with Crippen molar-refractivity contribution in [2.75, 3.05) is 12.4 Å². The van der Waals surface area contributed by atoms with Crippen LogP contribution in [0.2, 0.25) is 0 Å². The molecule has 0 atom stereocenters. The molecule has 0 saturated heterocycles. The molecule has 0 aliphatic heterocycles. The molecule has 18 heavy (non-hydrogen) atoms. The molecule has 1 aromatic heterocycles. The molecular formula is C11H18ClN3O2S. The number of aryl methyl sites for hydroxylation is 1. The number of aromatic nitrogens is 2. The van der Waals surface area contributed by atoms with Crippen LogP contribution in [0.4, 0.5) is 0 Å². The van der Waals surface area contributed by atoms with E-state index in [1.807, 2.05) is 6.92 Å². The van der Waals surface area contributed by atoms with Crippen LogP contribution in [0.15, 0.2) is 17.6 Å². The Morgan fingerprint density at radius 3 is 2.72 bits per heavy atom. The van der Waals surface area contributed by atoms with Crippen LogP contribution >= 0.6 is 11.6 Å². The Morgan fingerprint density at radius 1 is 1.56 bits per heavy atom. The van der Waals surface area contributed by atoms with Crippen LogP contribution < -0.4 is 0 Å². The van der Waals surface area contributed by atoms with E-state index in [0.717, 1.165) is 19.3 Å². The van der Waals surface area contributed by atoms with Crippen molar-refractivity contribution in [3.63, 3.8) is 0 Å². The van der Waals surface area contributed by atoms with Gasteiger partial charge in [-0.2, -0.15) is 4.31 Å². The number of sulfonamides is 1. The number of imidazole rings is 1. The number of nitrogens with zero attached hydrogens (tertiary/aromatic N) is 3. The molecule has 0 N–H and O–H groups in total. The summed E-state index contributed by atoms with van der Waals surface area (Å²) in [5.41, 5.74) is 0. The van der Waals surface area contributed by atoms with Crippen molar-refractivity contribution in [1.82, 2.24) is 13.9 Å². The molecule has 0 spiro atoms. The molecule has 0 amide bonds. The quantitative estimate of drug-likeness (QED) is 0.750. The summed E-state index contributed by atoms with van der Waals surface area (Å²) in [6, 6.07) is 0.0977. The van der Waals surface area contributed by atoms with Gasteiger partial charge < -0.3 is 4.57 Å². The minimum Gasteiger partial charge on any atom is -0.336 e. The van der Waals surface area contributed by atoms with Crippen molar-refractivity contribution in [3.8, 4) is 0 Å². The maximum Gasteiger partial charge on any atom is 0.262 e. The monoisotopic (exact) mass is 291 g/mol. The summed E-state index contributed by atoms with van der Waals surface area (Å²) in [4.78, 5) is 3.99. The first-order valence-electron chi connectivity index (χ1n) is 6.19. The molecule has 0 aromatic carbocycles. The molecule has 7 heteroatoms. The largest absolute Gasteiger partial charge is 0.336 e. The predicted octanol–water partition coefficient (Wildman–Crippen LogP) is 1.68. The van der Waals surface area contributed by atoms with E-state index in [1.54, 1.807) is 17.1 Å². The van der Waals surface area contributed by atoms with Crippen molar-refractivity contribution in [3.05, 3.63) is 12.5 Å². The third-order valence-corrected chi connectivity index (χ3v) is 5.34. The van der Waals surface area contributed by atoms with Gasteiger partial charge in [0.25, 0.3) is 10.0 Å². The summed E-state index contributed by atoms with van der Waals surface area (Å²) < 4.78 is 28.2. The number of hydrogen-bond acceptors (Lipinski definition) is 3. The molecule has 2 rings (SSSR count). The summed E-state index contributed by atoms with van der Waals surface area (Å²) in [7, 11) is -3.50. The second-order valence-corrected chi connectivity index (χ2v) is 6.65. The van der Waals surface area contributed by atoms with Crippen LogP contribution in [0.1, 0.15) is 26.2 Å². The van der Waals surface area contributed by atoms with Gasteiger partial charge in [0, 0.05) is 31.2 Å². The lowest BCUT2D eigenvalue weighted by atomic mass is 9.93. The highest BCUT2D eigenvalue weighted by Gasteiger charge is 2.35. The Hall–Kier alpha value is -0.590. The van der Waals surface area contributed by atoms with E-state index in [9.17, 15) is 8.42 Å². The lowest BCUT2D eigenvalue weighted by Crippen LogP contribution is -2.45. The summed E-state index contributed by atoms with van der Waals surface area (Å²) >= 11 is 5.72. The average molecular weight is 292 g/mol. The van der Waals surface area contributed by atoms with Crippen LogP contribution in [0.5, 0.6) is 0 Å². The number of alkyl halides is 1. The van der Waals surface area contributed by atoms with Crippen LogP contribution in [0.25, 0.3) is 0 Å². The highest BCUT2D eigenvalue weighted by atomic mass is 35.5. The Kier molecular flexibility index (Phi) is 4.29. The minimum absolute atomic E-state index is 0.0977. The Balaban J connectivity index is 2.26. The van der Waals surface area contributed by atoms with Crippen LogP contribution in [0.3, 0.4) is 0 Å². The molecule has 1 heterocycles. The van der Waals surface area contributed by atoms with E-state index in [0.29, 0.717) is 19.0 Å². The molecule has 1 aliphatic rings. The van der Waals surface area contributed by atoms with Crippen molar-refractivity contribution in [2.45, 2.75) is 43.8 Å². The third kappa shape index (κ3) is 2.55. The molecule has 0 unspecified atom stereocenters. The fourth-order valence-corrected chi connectivity index (χ4v) is 3.93. The second-order valence-electron chi connectivity index (χ2n) is 4.43. The number of hydrogen-bond donors (Lipinski definition) is 0. The van der Waals surface area contributed by atoms with Crippen LogP contribution in [-0.2, 0) is 16.6 Å². The standard InChI is InChI=1S/C11H18ClN3O2S/c1-2-14-8-11(13-9-14)18(16,17)15(7-6-12)10-4-3-5-10/h8-10H,2-7H2,1H3. The van der Waals surface area contributed by atoms with Crippen molar-refractivity contribution < 1.29 is 8.42 Å². The van der Waals surface area contributed by atoms with Gasteiger partial charge in [-0.1, -0.05) is 6.42 Å². The lowest BCUT2D eigenvalue weighted by Gasteiger charge is -2.35. The molecule has 1 aromatic rings. The number of halogens is 1. The average Bonchev–Trinajstić information content (AvgIpc) is 2.75. The molecular weight excluding hydrogens is 274 g/mol. The van der Waals surface area contributed by atoms with Gasteiger partial charge >= 0.3 is 0 Å². The van der Waals surface area contributed by atoms with E-state index >= 15 is 0 Å². The Bertz CT molecular complexity index is 496. The minimum atomic E-state index is -3.50. The molecule has 102 valence electrons. The van der Waals surface area contributed by atoms with Gasteiger partial charge in [0.05, 0.1) is 6.33 Å². The third-order valence-electron chi connectivity index (χ3n) is 3.33. The predicted molar refractivity (Wildman–Crippen MR) is 70.2 cm³/mol. The van der Waals surface area contributed by atoms with Gasteiger partial charge in [-0.05, 0) is 19.8 Å². The first kappa shape index (κ1) is 13.8. The summed E-state index contributed by atoms with van der Waals surface area (Å²) in [5, 5.41) is 0.126. The van der Waals surface area contributed by atoms with Crippen molar-refractivity contribution >= 4 is 21.6 Å². The maximum absolute atomic E-state index is 12.5. The van der Waals surface area contributed by atoms with Crippen LogP contribution in [-0.4, -0.2) is 40.7 Å². The summed E-state index contributed by atoms with van der Waals surface area (Å²) in [6.07, 6.45) is 6.05. The number of rotatable bonds is 6. The van der Waals surface area contributed by atoms with Gasteiger partial charge in [0.1, 0.15) is 0 Å². The van der Waals surface area contributed by atoms with E-state index in [-0.39, 0.29) is 11.1 Å². The highest BCUT2D eigenvalue weighted by molar-refractivity contribution is 7.89.